The zero-order valence-electron chi connectivity index (χ0n) is 9.40. The maximum atomic E-state index is 11.8. The first kappa shape index (κ1) is 11.4. The summed E-state index contributed by atoms with van der Waals surface area (Å²) in [6, 6.07) is 4.92. The predicted molar refractivity (Wildman–Crippen MR) is 60.2 cm³/mol. The summed E-state index contributed by atoms with van der Waals surface area (Å²) >= 11 is 0. The van der Waals surface area contributed by atoms with E-state index < -0.39 is 5.97 Å². The second-order valence-electron chi connectivity index (χ2n) is 4.00. The van der Waals surface area contributed by atoms with Crippen LogP contribution in [-0.4, -0.2) is 30.1 Å². The van der Waals surface area contributed by atoms with Gasteiger partial charge in [0.15, 0.2) is 0 Å². The lowest BCUT2D eigenvalue weighted by Gasteiger charge is -2.24. The quantitative estimate of drug-likeness (QED) is 0.813. The monoisotopic (exact) mass is 235 g/mol. The van der Waals surface area contributed by atoms with Crippen LogP contribution < -0.4 is 10.1 Å². The molecule has 90 valence electrons. The molecule has 5 heteroatoms. The summed E-state index contributed by atoms with van der Waals surface area (Å²) in [5, 5.41) is 11.4. The van der Waals surface area contributed by atoms with Gasteiger partial charge >= 0.3 is 5.97 Å². The van der Waals surface area contributed by atoms with Crippen LogP contribution in [0.3, 0.4) is 0 Å². The number of aliphatic carboxylic acids is 1. The molecule has 2 rings (SSSR count). The average Bonchev–Trinajstić information content (AvgIpc) is 2.28. The number of carboxylic acid groups (broad SMARTS) is 1. The molecule has 1 amide bonds. The molecule has 0 radical (unpaired) electrons. The number of carboxylic acids is 1. The smallest absolute Gasteiger partial charge is 0.305 e. The van der Waals surface area contributed by atoms with Crippen LogP contribution in [0, 0.1) is 0 Å². The lowest BCUT2D eigenvalue weighted by molar-refractivity contribution is -0.137. The van der Waals surface area contributed by atoms with E-state index in [-0.39, 0.29) is 18.4 Å². The Balaban J connectivity index is 2.25. The maximum absolute atomic E-state index is 11.8. The number of amides is 1. The topological polar surface area (TPSA) is 75.6 Å². The number of carbonyl (C=O) groups excluding carboxylic acids is 1. The number of ether oxygens (including phenoxy) is 1. The molecule has 0 fully saturated rings. The zero-order valence-corrected chi connectivity index (χ0v) is 9.40. The third kappa shape index (κ3) is 2.38. The Morgan fingerprint density at radius 2 is 2.35 bits per heavy atom. The third-order valence-electron chi connectivity index (χ3n) is 2.78. The number of nitrogens with one attached hydrogen (secondary N) is 1. The summed E-state index contributed by atoms with van der Waals surface area (Å²) in [6.07, 6.45) is 0.481. The normalized spacial score (nSPS) is 18.2. The Labute approximate surface area is 98.4 Å². The first-order valence-electron chi connectivity index (χ1n) is 5.29. The van der Waals surface area contributed by atoms with Crippen LogP contribution in [0.25, 0.3) is 0 Å². The highest BCUT2D eigenvalue weighted by atomic mass is 16.5. The highest BCUT2D eigenvalue weighted by Gasteiger charge is 2.25. The van der Waals surface area contributed by atoms with Gasteiger partial charge in [0.25, 0.3) is 5.91 Å². The number of benzene rings is 1. The summed E-state index contributed by atoms with van der Waals surface area (Å²) in [4.78, 5) is 22.4. The molecule has 1 aromatic carbocycles. The van der Waals surface area contributed by atoms with Gasteiger partial charge in [-0.25, -0.2) is 0 Å². The molecular weight excluding hydrogens is 222 g/mol. The van der Waals surface area contributed by atoms with Gasteiger partial charge < -0.3 is 15.2 Å². The van der Waals surface area contributed by atoms with Gasteiger partial charge in [-0.2, -0.15) is 0 Å². The number of fused-ring (bicyclic) bond motifs is 1. The zero-order chi connectivity index (χ0) is 12.4. The Hall–Kier alpha value is -2.04. The van der Waals surface area contributed by atoms with E-state index in [4.69, 9.17) is 9.84 Å². The lowest BCUT2D eigenvalue weighted by atomic mass is 9.93. The second-order valence-corrected chi connectivity index (χ2v) is 4.00. The molecule has 0 aromatic heterocycles. The van der Waals surface area contributed by atoms with Crippen molar-refractivity contribution in [2.45, 2.75) is 18.9 Å². The number of methoxy groups -OCH3 is 1. The van der Waals surface area contributed by atoms with Crippen molar-refractivity contribution in [3.8, 4) is 5.75 Å². The molecule has 1 aliphatic heterocycles. The molecular formula is C12H13NO4. The van der Waals surface area contributed by atoms with Crippen molar-refractivity contribution in [3.63, 3.8) is 0 Å². The number of hydrogen-bond acceptors (Lipinski definition) is 3. The summed E-state index contributed by atoms with van der Waals surface area (Å²) < 4.78 is 5.05. The van der Waals surface area contributed by atoms with E-state index in [1.807, 2.05) is 6.07 Å². The van der Waals surface area contributed by atoms with Crippen molar-refractivity contribution in [1.82, 2.24) is 5.32 Å². The van der Waals surface area contributed by atoms with Gasteiger partial charge in [0.2, 0.25) is 0 Å². The molecule has 0 saturated heterocycles. The van der Waals surface area contributed by atoms with Crippen LogP contribution in [-0.2, 0) is 11.2 Å². The van der Waals surface area contributed by atoms with Gasteiger partial charge in [0, 0.05) is 11.6 Å². The van der Waals surface area contributed by atoms with E-state index >= 15 is 0 Å². The van der Waals surface area contributed by atoms with E-state index in [0.29, 0.717) is 17.7 Å². The Morgan fingerprint density at radius 3 is 3.00 bits per heavy atom. The van der Waals surface area contributed by atoms with Gasteiger partial charge in [-0.05, 0) is 24.1 Å². The largest absolute Gasteiger partial charge is 0.497 e. The molecule has 5 nitrogen and oxygen atoms in total. The molecule has 0 aliphatic carbocycles. The Bertz CT molecular complexity index is 470. The second kappa shape index (κ2) is 4.45. The van der Waals surface area contributed by atoms with E-state index in [1.165, 1.54) is 7.11 Å². The van der Waals surface area contributed by atoms with Gasteiger partial charge in [-0.1, -0.05) is 6.07 Å². The van der Waals surface area contributed by atoms with Crippen molar-refractivity contribution in [2.24, 2.45) is 0 Å². The molecule has 0 spiro atoms. The predicted octanol–water partition coefficient (Wildman–Crippen LogP) is 0.824. The molecule has 1 aromatic rings. The summed E-state index contributed by atoms with van der Waals surface area (Å²) in [5.41, 5.74) is 1.42. The average molecular weight is 235 g/mol. The van der Waals surface area contributed by atoms with Gasteiger partial charge in [-0.3, -0.25) is 9.59 Å². The molecule has 1 heterocycles. The van der Waals surface area contributed by atoms with E-state index in [0.717, 1.165) is 5.56 Å². The summed E-state index contributed by atoms with van der Waals surface area (Å²) in [5.74, 6) is -0.528. The fourth-order valence-corrected chi connectivity index (χ4v) is 1.99. The molecule has 17 heavy (non-hydrogen) atoms. The minimum atomic E-state index is -0.910. The Morgan fingerprint density at radius 1 is 1.59 bits per heavy atom. The van der Waals surface area contributed by atoms with Crippen LogP contribution in [0.5, 0.6) is 5.75 Å². The molecule has 0 saturated carbocycles. The van der Waals surface area contributed by atoms with Crippen molar-refractivity contribution in [3.05, 3.63) is 29.3 Å². The molecule has 2 N–H and O–H groups in total. The number of rotatable bonds is 3. The standard InChI is InChI=1S/C12H13NO4/c1-17-9-3-2-7-4-8(5-11(14)15)13-12(16)10(7)6-9/h2-3,6,8H,4-5H2,1H3,(H,13,16)(H,14,15). The van der Waals surface area contributed by atoms with Crippen molar-refractivity contribution < 1.29 is 19.4 Å². The fraction of sp³-hybridized carbons (Fsp3) is 0.333. The van der Waals surface area contributed by atoms with Crippen LogP contribution in [0.2, 0.25) is 0 Å². The van der Waals surface area contributed by atoms with E-state index in [9.17, 15) is 9.59 Å². The van der Waals surface area contributed by atoms with Crippen molar-refractivity contribution >= 4 is 11.9 Å². The van der Waals surface area contributed by atoms with Crippen LogP contribution >= 0.6 is 0 Å². The van der Waals surface area contributed by atoms with Crippen LogP contribution in [0.15, 0.2) is 18.2 Å². The molecule has 1 atom stereocenters. The minimum Gasteiger partial charge on any atom is -0.497 e. The van der Waals surface area contributed by atoms with Crippen LogP contribution in [0.1, 0.15) is 22.3 Å². The lowest BCUT2D eigenvalue weighted by Crippen LogP contribution is -2.42. The minimum absolute atomic E-state index is 0.0583. The van der Waals surface area contributed by atoms with E-state index in [2.05, 4.69) is 5.32 Å². The molecule has 1 aliphatic rings. The maximum Gasteiger partial charge on any atom is 0.305 e. The first-order chi connectivity index (χ1) is 8.10. The van der Waals surface area contributed by atoms with Crippen molar-refractivity contribution in [1.29, 1.82) is 0 Å². The number of hydrogen-bond donors (Lipinski definition) is 2. The SMILES string of the molecule is COc1ccc2c(c1)C(=O)NC(CC(=O)O)C2. The third-order valence-corrected chi connectivity index (χ3v) is 2.78. The highest BCUT2D eigenvalue weighted by molar-refractivity contribution is 5.97. The Kier molecular flexibility index (Phi) is 2.99. The van der Waals surface area contributed by atoms with Gasteiger partial charge in [0.1, 0.15) is 5.75 Å². The van der Waals surface area contributed by atoms with Gasteiger partial charge in [0.05, 0.1) is 13.5 Å². The van der Waals surface area contributed by atoms with Crippen molar-refractivity contribution in [2.75, 3.05) is 7.11 Å². The number of carbonyl (C=O) groups is 2. The molecule has 0 bridgehead atoms. The van der Waals surface area contributed by atoms with Crippen LogP contribution in [0.4, 0.5) is 0 Å². The highest BCUT2D eigenvalue weighted by Crippen LogP contribution is 2.23. The van der Waals surface area contributed by atoms with Gasteiger partial charge in [-0.15, -0.1) is 0 Å². The first-order valence-corrected chi connectivity index (χ1v) is 5.29. The fourth-order valence-electron chi connectivity index (χ4n) is 1.99. The summed E-state index contributed by atoms with van der Waals surface area (Å²) in [6.45, 7) is 0. The molecule has 1 unspecified atom stereocenters. The summed E-state index contributed by atoms with van der Waals surface area (Å²) in [7, 11) is 1.54. The van der Waals surface area contributed by atoms with E-state index in [1.54, 1.807) is 12.1 Å².